The zero-order valence-corrected chi connectivity index (χ0v) is 40.5. The van der Waals surface area contributed by atoms with Crippen molar-refractivity contribution < 1.29 is 37.3 Å². The van der Waals surface area contributed by atoms with Crippen molar-refractivity contribution in [2.45, 2.75) is 206 Å². The molecule has 0 aliphatic rings. The zero-order chi connectivity index (χ0) is 44.1. The maximum Gasteiger partial charge on any atom is 0.306 e. The Morgan fingerprint density at radius 3 is 1.45 bits per heavy atom. The lowest BCUT2D eigenvalue weighted by Gasteiger charge is -2.28. The van der Waals surface area contributed by atoms with Crippen LogP contribution in [0.25, 0.3) is 0 Å². The molecular formula is C51H94NO7P. The number of carbonyl (C=O) groups is 1. The fraction of sp³-hybridized carbons (Fsp3) is 0.784. The number of esters is 1. The summed E-state index contributed by atoms with van der Waals surface area (Å²) in [6, 6.07) is 0. The molecule has 0 N–H and O–H groups in total. The smallest absolute Gasteiger partial charge is 0.306 e. The maximum absolute atomic E-state index is 12.7. The Labute approximate surface area is 370 Å². The van der Waals surface area contributed by atoms with E-state index < -0.39 is 13.9 Å². The van der Waals surface area contributed by atoms with Crippen molar-refractivity contribution in [3.05, 3.63) is 60.8 Å². The van der Waals surface area contributed by atoms with E-state index in [-0.39, 0.29) is 25.8 Å². The molecule has 350 valence electrons. The molecule has 0 spiro atoms. The second-order valence-electron chi connectivity index (χ2n) is 17.4. The molecule has 0 aromatic heterocycles. The van der Waals surface area contributed by atoms with E-state index in [2.05, 4.69) is 74.6 Å². The number of hydrogen-bond acceptors (Lipinski definition) is 7. The maximum atomic E-state index is 12.7. The largest absolute Gasteiger partial charge is 0.756 e. The summed E-state index contributed by atoms with van der Waals surface area (Å²) in [6.45, 7) is 5.30. The Morgan fingerprint density at radius 2 is 0.967 bits per heavy atom. The monoisotopic (exact) mass is 864 g/mol. The molecule has 60 heavy (non-hydrogen) atoms. The molecule has 8 nitrogen and oxygen atoms in total. The minimum Gasteiger partial charge on any atom is -0.756 e. The highest BCUT2D eigenvalue weighted by Gasteiger charge is 2.20. The molecule has 0 aliphatic heterocycles. The predicted octanol–water partition coefficient (Wildman–Crippen LogP) is 14.3. The van der Waals surface area contributed by atoms with Gasteiger partial charge in [0.15, 0.2) is 0 Å². The normalized spacial score (nSPS) is 14.2. The van der Waals surface area contributed by atoms with E-state index in [1.54, 1.807) is 0 Å². The number of quaternary nitrogens is 1. The third kappa shape index (κ3) is 47.3. The number of allylic oxidation sites excluding steroid dienone is 10. The molecule has 2 unspecified atom stereocenters. The molecule has 0 aromatic carbocycles. The fourth-order valence-corrected chi connectivity index (χ4v) is 7.30. The molecule has 9 heteroatoms. The SMILES string of the molecule is CC/C=C\C/C=C\C/C=C\C/C=C\C/C=C\CCCCCCCCCCCC(=O)OC(COCCCCCCCCCCCCCCC)COP(=O)([O-])OCC[N+](C)(C)C. The van der Waals surface area contributed by atoms with Gasteiger partial charge in [-0.1, -0.05) is 197 Å². The second kappa shape index (κ2) is 43.8. The van der Waals surface area contributed by atoms with Crippen LogP contribution in [0, 0.1) is 0 Å². The first-order valence-corrected chi connectivity index (χ1v) is 26.0. The lowest BCUT2D eigenvalue weighted by atomic mass is 10.0. The summed E-state index contributed by atoms with van der Waals surface area (Å²) < 4.78 is 34.7. The summed E-state index contributed by atoms with van der Waals surface area (Å²) in [4.78, 5) is 25.1. The standard InChI is InChI=1S/C51H94NO7P/c1-6-8-10-12-14-16-18-20-21-22-23-24-25-26-27-28-29-30-31-32-34-36-38-40-42-44-51(53)59-50(49-58-60(54,55)57-47-45-52(3,4)5)48-56-46-43-41-39-37-35-33-19-17-15-13-11-9-7-2/h8,10,14,16,20-21,23-24,26-27,50H,6-7,9,11-13,15,17-19,22,25,28-49H2,1-5H3/b10-8-,16-14-,21-20-,24-23-,27-26-. The van der Waals surface area contributed by atoms with Gasteiger partial charge in [-0.2, -0.15) is 0 Å². The number of nitrogens with zero attached hydrogens (tertiary/aromatic N) is 1. The quantitative estimate of drug-likeness (QED) is 0.0198. The average molecular weight is 864 g/mol. The predicted molar refractivity (Wildman–Crippen MR) is 254 cm³/mol. The van der Waals surface area contributed by atoms with Gasteiger partial charge in [0.1, 0.15) is 19.3 Å². The first-order valence-electron chi connectivity index (χ1n) is 24.5. The number of phosphoric acid groups is 1. The Morgan fingerprint density at radius 1 is 0.533 bits per heavy atom. The fourth-order valence-electron chi connectivity index (χ4n) is 6.57. The Bertz CT molecular complexity index is 1140. The first kappa shape index (κ1) is 58.2. The molecule has 0 saturated heterocycles. The Kier molecular flexibility index (Phi) is 42.5. The molecule has 0 heterocycles. The molecule has 0 amide bonds. The number of carbonyl (C=O) groups excluding carboxylic acids is 1. The average Bonchev–Trinajstić information content (AvgIpc) is 3.20. The third-order valence-electron chi connectivity index (χ3n) is 10.3. The van der Waals surface area contributed by atoms with Crippen LogP contribution in [0.5, 0.6) is 0 Å². The minimum atomic E-state index is -4.53. The van der Waals surface area contributed by atoms with E-state index in [9.17, 15) is 14.3 Å². The summed E-state index contributed by atoms with van der Waals surface area (Å²) in [5.41, 5.74) is 0. The number of likely N-dealkylation sites (N-methyl/N-ethyl adjacent to an activating group) is 1. The molecule has 0 radical (unpaired) electrons. The highest BCUT2D eigenvalue weighted by Crippen LogP contribution is 2.38. The molecule has 0 saturated carbocycles. The van der Waals surface area contributed by atoms with Crippen LogP contribution in [-0.4, -0.2) is 70.7 Å². The zero-order valence-electron chi connectivity index (χ0n) is 39.6. The number of ether oxygens (including phenoxy) is 2. The van der Waals surface area contributed by atoms with Crippen molar-refractivity contribution in [2.24, 2.45) is 0 Å². The van der Waals surface area contributed by atoms with Gasteiger partial charge in [0.05, 0.1) is 34.4 Å². The van der Waals surface area contributed by atoms with Crippen LogP contribution in [0.3, 0.4) is 0 Å². The van der Waals surface area contributed by atoms with Gasteiger partial charge >= 0.3 is 5.97 Å². The highest BCUT2D eigenvalue weighted by atomic mass is 31.2. The van der Waals surface area contributed by atoms with Crippen molar-refractivity contribution in [1.82, 2.24) is 0 Å². The van der Waals surface area contributed by atoms with Crippen molar-refractivity contribution in [3.8, 4) is 0 Å². The van der Waals surface area contributed by atoms with Crippen molar-refractivity contribution in [1.29, 1.82) is 0 Å². The summed E-state index contributed by atoms with van der Waals surface area (Å²) in [5.74, 6) is -0.340. The van der Waals surface area contributed by atoms with Crippen LogP contribution >= 0.6 is 7.82 Å². The summed E-state index contributed by atoms with van der Waals surface area (Å²) in [5, 5.41) is 0. The molecule has 0 bridgehead atoms. The molecule has 0 rings (SSSR count). The Balaban J connectivity index is 4.14. The van der Waals surface area contributed by atoms with E-state index in [1.165, 1.54) is 109 Å². The van der Waals surface area contributed by atoms with E-state index in [4.69, 9.17) is 18.5 Å². The van der Waals surface area contributed by atoms with Crippen molar-refractivity contribution in [3.63, 3.8) is 0 Å². The van der Waals surface area contributed by atoms with Crippen LogP contribution in [0.2, 0.25) is 0 Å². The van der Waals surface area contributed by atoms with Gasteiger partial charge in [-0.05, 0) is 57.8 Å². The van der Waals surface area contributed by atoms with Gasteiger partial charge < -0.3 is 27.9 Å². The van der Waals surface area contributed by atoms with Gasteiger partial charge in [-0.3, -0.25) is 9.36 Å². The van der Waals surface area contributed by atoms with Gasteiger partial charge in [-0.25, -0.2) is 0 Å². The number of rotatable bonds is 45. The summed E-state index contributed by atoms with van der Waals surface area (Å²) in [6.07, 6.45) is 55.2. The van der Waals surface area contributed by atoms with Crippen LogP contribution in [-0.2, 0) is 27.9 Å². The van der Waals surface area contributed by atoms with Crippen LogP contribution < -0.4 is 4.89 Å². The van der Waals surface area contributed by atoms with E-state index in [1.807, 2.05) is 21.1 Å². The lowest BCUT2D eigenvalue weighted by Crippen LogP contribution is -2.37. The molecule has 0 aliphatic carbocycles. The first-order chi connectivity index (χ1) is 29.1. The van der Waals surface area contributed by atoms with Crippen LogP contribution in [0.15, 0.2) is 60.8 Å². The van der Waals surface area contributed by atoms with Gasteiger partial charge in [0, 0.05) is 13.0 Å². The Hall–Kier alpha value is -1.80. The van der Waals surface area contributed by atoms with Gasteiger partial charge in [0.25, 0.3) is 7.82 Å². The van der Waals surface area contributed by atoms with E-state index >= 15 is 0 Å². The van der Waals surface area contributed by atoms with E-state index in [0.29, 0.717) is 24.1 Å². The van der Waals surface area contributed by atoms with Gasteiger partial charge in [0.2, 0.25) is 0 Å². The van der Waals surface area contributed by atoms with Crippen LogP contribution in [0.1, 0.15) is 200 Å². The molecule has 2 atom stereocenters. The third-order valence-corrected chi connectivity index (χ3v) is 11.3. The van der Waals surface area contributed by atoms with Crippen LogP contribution in [0.4, 0.5) is 0 Å². The summed E-state index contributed by atoms with van der Waals surface area (Å²) >= 11 is 0. The highest BCUT2D eigenvalue weighted by molar-refractivity contribution is 7.45. The molecule has 0 aromatic rings. The number of hydrogen-bond donors (Lipinski definition) is 0. The van der Waals surface area contributed by atoms with Crippen molar-refractivity contribution >= 4 is 13.8 Å². The van der Waals surface area contributed by atoms with Crippen molar-refractivity contribution in [2.75, 3.05) is 54.1 Å². The summed E-state index contributed by atoms with van der Waals surface area (Å²) in [7, 11) is 1.35. The molecule has 0 fully saturated rings. The number of phosphoric ester groups is 1. The van der Waals surface area contributed by atoms with E-state index in [0.717, 1.165) is 70.6 Å². The lowest BCUT2D eigenvalue weighted by molar-refractivity contribution is -0.870. The number of unbranched alkanes of at least 4 members (excludes halogenated alkanes) is 21. The van der Waals surface area contributed by atoms with Gasteiger partial charge in [-0.15, -0.1) is 0 Å². The molecular weight excluding hydrogens is 770 g/mol. The topological polar surface area (TPSA) is 94.1 Å². The second-order valence-corrected chi connectivity index (χ2v) is 18.9. The minimum absolute atomic E-state index is 0.0239.